The molecule has 1 unspecified atom stereocenters. The first-order chi connectivity index (χ1) is 29.9. The highest BCUT2D eigenvalue weighted by Gasteiger charge is 2.25. The lowest BCUT2D eigenvalue weighted by atomic mass is 10.1. The lowest BCUT2D eigenvalue weighted by Gasteiger charge is -2.18. The number of methoxy groups -OCH3 is 3. The van der Waals surface area contributed by atoms with E-state index in [1.54, 1.807) is 31.4 Å². The number of carboxylic acids is 1. The van der Waals surface area contributed by atoms with Gasteiger partial charge < -0.3 is 50.8 Å². The number of phenols is 2. The lowest BCUT2D eigenvalue weighted by molar-refractivity contribution is -0.118. The van der Waals surface area contributed by atoms with Crippen molar-refractivity contribution >= 4 is 46.7 Å². The third-order valence-corrected chi connectivity index (χ3v) is 9.15. The number of aromatic carboxylic acids is 1. The molecular formula is C44H37N7O11. The summed E-state index contributed by atoms with van der Waals surface area (Å²) in [6, 6.07) is 23.4. The van der Waals surface area contributed by atoms with Gasteiger partial charge in [-0.3, -0.25) is 24.3 Å². The number of benzene rings is 5. The Morgan fingerprint density at radius 1 is 0.645 bits per heavy atom. The van der Waals surface area contributed by atoms with E-state index >= 15 is 0 Å². The molecule has 8 N–H and O–H groups in total. The summed E-state index contributed by atoms with van der Waals surface area (Å²) < 4.78 is 15.6. The predicted octanol–water partition coefficient (Wildman–Crippen LogP) is 4.82. The molecule has 0 radical (unpaired) electrons. The van der Waals surface area contributed by atoms with Crippen LogP contribution in [-0.2, 0) is 11.2 Å². The molecule has 1 heterocycles. The van der Waals surface area contributed by atoms with Gasteiger partial charge in [-0.1, -0.05) is 17.1 Å². The van der Waals surface area contributed by atoms with Gasteiger partial charge in [0.15, 0.2) is 23.0 Å². The van der Waals surface area contributed by atoms with Crippen LogP contribution in [0.15, 0.2) is 103 Å². The molecule has 4 amide bonds. The molecule has 0 spiro atoms. The van der Waals surface area contributed by atoms with Crippen LogP contribution in [0.3, 0.4) is 0 Å². The molecule has 18 heteroatoms. The van der Waals surface area contributed by atoms with Crippen LogP contribution in [0.4, 0.5) is 17.1 Å². The number of carbonyl (C=O) groups excluding carboxylic acids is 4. The van der Waals surface area contributed by atoms with Gasteiger partial charge in [0.05, 0.1) is 44.0 Å². The number of hydrogen-bond acceptors (Lipinski definition) is 12. The van der Waals surface area contributed by atoms with E-state index in [4.69, 9.17) is 14.2 Å². The minimum atomic E-state index is -1.42. The summed E-state index contributed by atoms with van der Waals surface area (Å²) in [7, 11) is 3.97. The summed E-state index contributed by atoms with van der Waals surface area (Å²) in [5.41, 5.74) is 1.82. The zero-order valence-electron chi connectivity index (χ0n) is 33.1. The van der Waals surface area contributed by atoms with Crippen molar-refractivity contribution in [1.29, 1.82) is 0 Å². The minimum absolute atomic E-state index is 0.00673. The van der Waals surface area contributed by atoms with Gasteiger partial charge in [-0.2, -0.15) is 0 Å². The number of carboxylic acid groups (broad SMARTS) is 1. The van der Waals surface area contributed by atoms with Crippen LogP contribution in [0.5, 0.6) is 28.7 Å². The highest BCUT2D eigenvalue weighted by molar-refractivity contribution is 6.10. The number of nitrogens with zero attached hydrogens (tertiary/aromatic N) is 2. The molecule has 6 aromatic rings. The SMILES string of the molecule is COc1ccc(C#Cc2ccc(C(=O)NC(Cc3c[nH]nn3)C(=O)Nc3ccc(C(=O)Nc4ccc(C(=O)Nc5ccc(C(=O)O)c(O)c5OC)c(O)c4OC)cc3)cc2)cc1. The molecule has 0 aliphatic heterocycles. The molecule has 1 aromatic heterocycles. The second-order valence-corrected chi connectivity index (χ2v) is 13.1. The van der Waals surface area contributed by atoms with Gasteiger partial charge in [0, 0.05) is 40.6 Å². The number of phenolic OH excluding ortho intramolecular Hbond substituents is 1. The number of nitrogens with one attached hydrogen (secondary N) is 5. The highest BCUT2D eigenvalue weighted by atomic mass is 16.5. The Labute approximate surface area is 352 Å². The standard InChI is InChI=1S/C44H37N7O11/c1-60-30-16-8-25(9-17-30)5-4-24-6-10-26(11-7-24)41(55)49-35(22-29-23-45-51-50-29)43(57)46-28-14-12-27(13-15-28)40(54)47-33-20-18-31(36(52)38(33)61-2)42(56)48-34-21-19-32(44(58)59)37(53)39(34)62-3/h6-21,23,35,52-53H,22H2,1-3H3,(H,46,57)(H,47,54)(H,48,56)(H,49,55)(H,58,59)(H,45,50,51). The van der Waals surface area contributed by atoms with E-state index in [2.05, 4.69) is 48.5 Å². The summed E-state index contributed by atoms with van der Waals surface area (Å²) in [4.78, 5) is 64.7. The number of hydrogen-bond donors (Lipinski definition) is 8. The van der Waals surface area contributed by atoms with E-state index < -0.39 is 52.7 Å². The maximum atomic E-state index is 13.6. The van der Waals surface area contributed by atoms with Crippen LogP contribution in [0.1, 0.15) is 58.3 Å². The summed E-state index contributed by atoms with van der Waals surface area (Å²) in [6.07, 6.45) is 1.51. The molecular weight excluding hydrogens is 803 g/mol. The minimum Gasteiger partial charge on any atom is -0.504 e. The highest BCUT2D eigenvalue weighted by Crippen LogP contribution is 2.40. The molecule has 0 saturated heterocycles. The fourth-order valence-corrected chi connectivity index (χ4v) is 5.94. The van der Waals surface area contributed by atoms with Crippen molar-refractivity contribution < 1.29 is 53.5 Å². The third kappa shape index (κ3) is 10.0. The van der Waals surface area contributed by atoms with Gasteiger partial charge >= 0.3 is 5.97 Å². The van der Waals surface area contributed by atoms with Crippen LogP contribution in [0.2, 0.25) is 0 Å². The van der Waals surface area contributed by atoms with E-state index in [-0.39, 0.29) is 40.4 Å². The Morgan fingerprint density at radius 2 is 1.18 bits per heavy atom. The monoisotopic (exact) mass is 839 g/mol. The molecule has 6 rings (SSSR count). The molecule has 0 saturated carbocycles. The van der Waals surface area contributed by atoms with E-state index in [0.717, 1.165) is 17.4 Å². The van der Waals surface area contributed by atoms with Gasteiger partial charge in [0.2, 0.25) is 5.91 Å². The Balaban J connectivity index is 1.10. The molecule has 0 aliphatic rings. The van der Waals surface area contributed by atoms with Crippen molar-refractivity contribution in [2.45, 2.75) is 12.5 Å². The van der Waals surface area contributed by atoms with Gasteiger partial charge in [0.25, 0.3) is 17.7 Å². The maximum Gasteiger partial charge on any atom is 0.339 e. The van der Waals surface area contributed by atoms with Crippen LogP contribution in [0.25, 0.3) is 0 Å². The summed E-state index contributed by atoms with van der Waals surface area (Å²) in [5, 5.41) is 51.3. The third-order valence-electron chi connectivity index (χ3n) is 9.15. The lowest BCUT2D eigenvalue weighted by Crippen LogP contribution is -2.45. The zero-order valence-corrected chi connectivity index (χ0v) is 33.1. The number of rotatable bonds is 14. The van der Waals surface area contributed by atoms with Gasteiger partial charge in [-0.05, 0) is 97.1 Å². The van der Waals surface area contributed by atoms with Crippen molar-refractivity contribution in [2.24, 2.45) is 0 Å². The van der Waals surface area contributed by atoms with Gasteiger partial charge in [-0.15, -0.1) is 5.10 Å². The summed E-state index contributed by atoms with van der Waals surface area (Å²) in [5.74, 6) is 0.905. The van der Waals surface area contributed by atoms with E-state index in [1.165, 1.54) is 62.9 Å². The smallest absolute Gasteiger partial charge is 0.339 e. The second kappa shape index (κ2) is 19.3. The van der Waals surface area contributed by atoms with Crippen molar-refractivity contribution in [3.63, 3.8) is 0 Å². The number of ether oxygens (including phenoxy) is 3. The van der Waals surface area contributed by atoms with Crippen molar-refractivity contribution in [3.8, 4) is 40.6 Å². The number of carbonyl (C=O) groups is 5. The average Bonchev–Trinajstić information content (AvgIpc) is 3.79. The Bertz CT molecular complexity index is 2690. The van der Waals surface area contributed by atoms with Crippen LogP contribution >= 0.6 is 0 Å². The van der Waals surface area contributed by atoms with Crippen molar-refractivity contribution in [3.05, 3.63) is 142 Å². The molecule has 314 valence electrons. The number of amides is 4. The Kier molecular flexibility index (Phi) is 13.3. The molecule has 5 aromatic carbocycles. The molecule has 18 nitrogen and oxygen atoms in total. The average molecular weight is 840 g/mol. The normalized spacial score (nSPS) is 10.9. The molecule has 62 heavy (non-hydrogen) atoms. The molecule has 0 aliphatic carbocycles. The van der Waals surface area contributed by atoms with Crippen LogP contribution in [0, 0.1) is 11.8 Å². The molecule has 0 bridgehead atoms. The quantitative estimate of drug-likeness (QED) is 0.0685. The first kappa shape index (κ1) is 42.7. The number of aromatic amines is 1. The zero-order chi connectivity index (χ0) is 44.3. The second-order valence-electron chi connectivity index (χ2n) is 13.1. The maximum absolute atomic E-state index is 13.6. The number of aromatic hydroxyl groups is 2. The molecule has 0 fully saturated rings. The van der Waals surface area contributed by atoms with Gasteiger partial charge in [0.1, 0.15) is 17.4 Å². The van der Waals surface area contributed by atoms with Crippen LogP contribution < -0.4 is 35.5 Å². The Hall–Kier alpha value is -8.85. The van der Waals surface area contributed by atoms with Crippen molar-refractivity contribution in [2.75, 3.05) is 37.3 Å². The molecule has 1 atom stereocenters. The van der Waals surface area contributed by atoms with E-state index in [1.807, 2.05) is 24.3 Å². The van der Waals surface area contributed by atoms with Crippen LogP contribution in [-0.4, -0.2) is 87.7 Å². The fraction of sp³-hybridized carbons (Fsp3) is 0.114. The first-order valence-electron chi connectivity index (χ1n) is 18.4. The fourth-order valence-electron chi connectivity index (χ4n) is 5.94. The summed E-state index contributed by atoms with van der Waals surface area (Å²) >= 11 is 0. The summed E-state index contributed by atoms with van der Waals surface area (Å²) in [6.45, 7) is 0. The van der Waals surface area contributed by atoms with E-state index in [0.29, 0.717) is 22.5 Å². The largest absolute Gasteiger partial charge is 0.504 e. The predicted molar refractivity (Wildman–Crippen MR) is 224 cm³/mol. The topological polar surface area (TPSA) is 263 Å². The van der Waals surface area contributed by atoms with Crippen molar-refractivity contribution in [1.82, 2.24) is 20.7 Å². The number of aromatic nitrogens is 3. The number of anilines is 3. The van der Waals surface area contributed by atoms with Gasteiger partial charge in [-0.25, -0.2) is 4.79 Å². The Morgan fingerprint density at radius 3 is 1.73 bits per heavy atom. The van der Waals surface area contributed by atoms with E-state index in [9.17, 15) is 39.3 Å². The number of H-pyrrole nitrogens is 1. The first-order valence-corrected chi connectivity index (χ1v) is 18.4.